The number of halogens is 2. The van der Waals surface area contributed by atoms with Gasteiger partial charge in [0.05, 0.1) is 34.5 Å². The van der Waals surface area contributed by atoms with Crippen molar-refractivity contribution in [2.75, 3.05) is 31.2 Å². The van der Waals surface area contributed by atoms with Gasteiger partial charge in [0, 0.05) is 42.0 Å². The lowest BCUT2D eigenvalue weighted by Gasteiger charge is -2.27. The highest BCUT2D eigenvalue weighted by atomic mass is 35.5. The van der Waals surface area contributed by atoms with E-state index in [0.29, 0.717) is 40.3 Å². The van der Waals surface area contributed by atoms with E-state index in [1.807, 2.05) is 36.5 Å². The minimum atomic E-state index is -0.853. The zero-order valence-electron chi connectivity index (χ0n) is 17.9. The van der Waals surface area contributed by atoms with Crippen LogP contribution in [0, 0.1) is 6.92 Å². The molecule has 1 fully saturated rings. The lowest BCUT2D eigenvalue weighted by atomic mass is 10.1. The Morgan fingerprint density at radius 3 is 2.70 bits per heavy atom. The third kappa shape index (κ3) is 4.35. The largest absolute Gasteiger partial charge is 0.471 e. The summed E-state index contributed by atoms with van der Waals surface area (Å²) in [6.07, 6.45) is 2.50. The maximum absolute atomic E-state index is 6.37. The van der Waals surface area contributed by atoms with Gasteiger partial charge in [-0.2, -0.15) is 5.10 Å². The Morgan fingerprint density at radius 2 is 1.94 bits per heavy atom. The number of hydrogen-bond donors (Lipinski definition) is 2. The molecule has 0 bridgehead atoms. The van der Waals surface area contributed by atoms with Crippen molar-refractivity contribution in [1.29, 1.82) is 0 Å². The minimum absolute atomic E-state index is 0.356. The van der Waals surface area contributed by atoms with Gasteiger partial charge in [0.15, 0.2) is 6.23 Å². The molecule has 10 heteroatoms. The van der Waals surface area contributed by atoms with E-state index >= 15 is 0 Å². The van der Waals surface area contributed by atoms with Crippen LogP contribution in [0.4, 0.5) is 5.82 Å². The van der Waals surface area contributed by atoms with E-state index in [1.54, 1.807) is 6.92 Å². The molecule has 1 aliphatic heterocycles. The fraction of sp³-hybridized carbons (Fsp3) is 0.261. The SMILES string of the molecule is Cc1ncc(Cl)c([C@@H](N)Oc2ccc3[nH]nc(-c4ccc(N5CCOCC5)nc4)c3c2)c1Cl. The molecular weight excluding hydrogens is 463 g/mol. The third-order valence-corrected chi connectivity index (χ3v) is 6.40. The van der Waals surface area contributed by atoms with Crippen LogP contribution in [-0.4, -0.2) is 46.5 Å². The molecule has 3 aromatic heterocycles. The average molecular weight is 485 g/mol. The van der Waals surface area contributed by atoms with E-state index < -0.39 is 6.23 Å². The van der Waals surface area contributed by atoms with Crippen molar-refractivity contribution in [2.24, 2.45) is 5.73 Å². The molecule has 0 amide bonds. The molecule has 170 valence electrons. The Balaban J connectivity index is 1.42. The molecular formula is C23H22Cl2N6O2. The van der Waals surface area contributed by atoms with Gasteiger partial charge in [-0.25, -0.2) is 4.98 Å². The van der Waals surface area contributed by atoms with E-state index in [1.165, 1.54) is 6.20 Å². The molecule has 1 aliphatic rings. The summed E-state index contributed by atoms with van der Waals surface area (Å²) in [4.78, 5) is 11.0. The lowest BCUT2D eigenvalue weighted by molar-refractivity contribution is 0.122. The molecule has 4 heterocycles. The zero-order valence-corrected chi connectivity index (χ0v) is 19.4. The second-order valence-corrected chi connectivity index (χ2v) is 8.53. The summed E-state index contributed by atoms with van der Waals surface area (Å²) in [6, 6.07) is 9.63. The van der Waals surface area contributed by atoms with Crippen LogP contribution in [0.3, 0.4) is 0 Å². The van der Waals surface area contributed by atoms with Crippen molar-refractivity contribution in [1.82, 2.24) is 20.2 Å². The van der Waals surface area contributed by atoms with Crippen molar-refractivity contribution < 1.29 is 9.47 Å². The molecule has 33 heavy (non-hydrogen) atoms. The molecule has 1 saturated heterocycles. The van der Waals surface area contributed by atoms with Gasteiger partial charge in [0.2, 0.25) is 0 Å². The highest BCUT2D eigenvalue weighted by Crippen LogP contribution is 2.34. The van der Waals surface area contributed by atoms with E-state index in [-0.39, 0.29) is 0 Å². The molecule has 0 unspecified atom stereocenters. The van der Waals surface area contributed by atoms with Crippen LogP contribution in [0.1, 0.15) is 17.5 Å². The second-order valence-electron chi connectivity index (χ2n) is 7.74. The lowest BCUT2D eigenvalue weighted by Crippen LogP contribution is -2.36. The summed E-state index contributed by atoms with van der Waals surface area (Å²) in [5.74, 6) is 1.50. The summed E-state index contributed by atoms with van der Waals surface area (Å²) in [5, 5.41) is 9.19. The number of nitrogens with one attached hydrogen (secondary N) is 1. The minimum Gasteiger partial charge on any atom is -0.471 e. The van der Waals surface area contributed by atoms with Gasteiger partial charge < -0.3 is 14.4 Å². The maximum atomic E-state index is 6.37. The van der Waals surface area contributed by atoms with Crippen molar-refractivity contribution in [3.05, 3.63) is 64.0 Å². The van der Waals surface area contributed by atoms with Crippen LogP contribution in [0.5, 0.6) is 5.75 Å². The smallest absolute Gasteiger partial charge is 0.177 e. The number of nitrogens with zero attached hydrogens (tertiary/aromatic N) is 4. The fourth-order valence-electron chi connectivity index (χ4n) is 3.84. The van der Waals surface area contributed by atoms with E-state index in [9.17, 15) is 0 Å². The molecule has 0 radical (unpaired) electrons. The fourth-order valence-corrected chi connectivity index (χ4v) is 4.40. The standard InChI is InChI=1S/C23H22Cl2N6O2/c1-13-21(25)20(17(24)12-27-13)23(26)33-15-3-4-18-16(10-15)22(30-29-18)14-2-5-19(28-11-14)31-6-8-32-9-7-31/h2-5,10-12,23H,6-9,26H2,1H3,(H,29,30)/t23-/m0/s1. The Bertz CT molecular complexity index is 1290. The van der Waals surface area contributed by atoms with Gasteiger partial charge in [0.1, 0.15) is 17.3 Å². The number of nitrogens with two attached hydrogens (primary N) is 1. The number of rotatable bonds is 5. The quantitative estimate of drug-likeness (QED) is 0.401. The number of aromatic nitrogens is 4. The molecule has 5 rings (SSSR count). The Hall–Kier alpha value is -2.91. The number of pyridine rings is 2. The summed E-state index contributed by atoms with van der Waals surface area (Å²) < 4.78 is 11.4. The topological polar surface area (TPSA) is 102 Å². The maximum Gasteiger partial charge on any atom is 0.177 e. The van der Waals surface area contributed by atoms with Crippen LogP contribution in [0.25, 0.3) is 22.2 Å². The molecule has 3 N–H and O–H groups in total. The first-order valence-corrected chi connectivity index (χ1v) is 11.3. The van der Waals surface area contributed by atoms with E-state index in [2.05, 4.69) is 25.1 Å². The van der Waals surface area contributed by atoms with Crippen molar-refractivity contribution in [3.8, 4) is 17.0 Å². The third-order valence-electron chi connectivity index (χ3n) is 5.62. The van der Waals surface area contributed by atoms with Gasteiger partial charge in [-0.15, -0.1) is 0 Å². The van der Waals surface area contributed by atoms with E-state index in [0.717, 1.165) is 41.1 Å². The van der Waals surface area contributed by atoms with Crippen LogP contribution >= 0.6 is 23.2 Å². The number of ether oxygens (including phenoxy) is 2. The molecule has 0 saturated carbocycles. The number of benzene rings is 1. The monoisotopic (exact) mass is 484 g/mol. The molecule has 0 spiro atoms. The van der Waals surface area contributed by atoms with Crippen LogP contribution in [0.2, 0.25) is 10.0 Å². The number of aromatic amines is 1. The Morgan fingerprint density at radius 1 is 1.12 bits per heavy atom. The molecule has 0 aliphatic carbocycles. The summed E-state index contributed by atoms with van der Waals surface area (Å²) in [5.41, 5.74) is 9.98. The summed E-state index contributed by atoms with van der Waals surface area (Å²) in [6.45, 7) is 4.89. The first kappa shape index (κ1) is 21.9. The van der Waals surface area contributed by atoms with E-state index in [4.69, 9.17) is 38.4 Å². The molecule has 1 aromatic carbocycles. The summed E-state index contributed by atoms with van der Waals surface area (Å²) >= 11 is 12.6. The van der Waals surface area contributed by atoms with Crippen LogP contribution in [0.15, 0.2) is 42.7 Å². The number of H-pyrrole nitrogens is 1. The zero-order chi connectivity index (χ0) is 22.9. The summed E-state index contributed by atoms with van der Waals surface area (Å²) in [7, 11) is 0. The molecule has 4 aromatic rings. The first-order valence-electron chi connectivity index (χ1n) is 10.5. The van der Waals surface area contributed by atoms with Crippen LogP contribution < -0.4 is 15.4 Å². The number of hydrogen-bond acceptors (Lipinski definition) is 7. The molecule has 1 atom stereocenters. The predicted octanol–water partition coefficient (Wildman–Crippen LogP) is 4.51. The highest BCUT2D eigenvalue weighted by molar-refractivity contribution is 6.36. The van der Waals surface area contributed by atoms with Crippen molar-refractivity contribution >= 4 is 39.9 Å². The predicted molar refractivity (Wildman–Crippen MR) is 129 cm³/mol. The molecule has 8 nitrogen and oxygen atoms in total. The van der Waals surface area contributed by atoms with Gasteiger partial charge in [0.25, 0.3) is 0 Å². The van der Waals surface area contributed by atoms with Gasteiger partial charge in [-0.05, 0) is 37.3 Å². The number of anilines is 1. The van der Waals surface area contributed by atoms with Gasteiger partial charge in [-0.3, -0.25) is 15.8 Å². The van der Waals surface area contributed by atoms with Crippen molar-refractivity contribution in [3.63, 3.8) is 0 Å². The highest BCUT2D eigenvalue weighted by Gasteiger charge is 2.19. The Labute approximate surface area is 200 Å². The number of fused-ring (bicyclic) bond motifs is 1. The Kier molecular flexibility index (Phi) is 6.07. The number of morpholine rings is 1. The average Bonchev–Trinajstić information content (AvgIpc) is 3.26. The van der Waals surface area contributed by atoms with Crippen molar-refractivity contribution in [2.45, 2.75) is 13.2 Å². The number of aryl methyl sites for hydroxylation is 1. The second kappa shape index (κ2) is 9.15. The van der Waals surface area contributed by atoms with Gasteiger partial charge in [-0.1, -0.05) is 23.2 Å². The first-order chi connectivity index (χ1) is 16.0. The van der Waals surface area contributed by atoms with Crippen LogP contribution in [-0.2, 0) is 4.74 Å². The normalized spacial score (nSPS) is 15.1. The van der Waals surface area contributed by atoms with Gasteiger partial charge >= 0.3 is 0 Å².